The Morgan fingerprint density at radius 1 is 1.00 bits per heavy atom. The van der Waals surface area contributed by atoms with Gasteiger partial charge in [0.1, 0.15) is 0 Å². The van der Waals surface area contributed by atoms with Gasteiger partial charge in [0.2, 0.25) is 5.60 Å². The molecule has 1 aliphatic rings. The van der Waals surface area contributed by atoms with Gasteiger partial charge in [0.25, 0.3) is 0 Å². The van der Waals surface area contributed by atoms with Gasteiger partial charge in [0, 0.05) is 6.08 Å². The molecule has 1 atom stereocenters. The Kier molecular flexibility index (Phi) is 14.1. The van der Waals surface area contributed by atoms with Gasteiger partial charge in [-0.2, -0.15) is 0 Å². The molecule has 33 heavy (non-hydrogen) atoms. The number of hydrogen-bond acceptors (Lipinski definition) is 6. The summed E-state index contributed by atoms with van der Waals surface area (Å²) in [4.78, 5) is 37.4. The van der Waals surface area contributed by atoms with Crippen LogP contribution < -0.4 is 0 Å². The van der Waals surface area contributed by atoms with Crippen molar-refractivity contribution in [2.45, 2.75) is 110 Å². The number of rotatable bonds is 16. The number of carbonyl (C=O) groups is 3. The molecule has 0 heterocycles. The lowest BCUT2D eigenvalue weighted by Gasteiger charge is -2.36. The molecule has 6 heteroatoms. The van der Waals surface area contributed by atoms with Gasteiger partial charge in [0.15, 0.2) is 0 Å². The lowest BCUT2D eigenvalue weighted by molar-refractivity contribution is -0.186. The Labute approximate surface area is 200 Å². The van der Waals surface area contributed by atoms with E-state index < -0.39 is 17.5 Å². The van der Waals surface area contributed by atoms with E-state index >= 15 is 0 Å². The van der Waals surface area contributed by atoms with Gasteiger partial charge < -0.3 is 14.2 Å². The lowest BCUT2D eigenvalue weighted by Crippen LogP contribution is -2.48. The van der Waals surface area contributed by atoms with E-state index in [-0.39, 0.29) is 24.7 Å². The van der Waals surface area contributed by atoms with Crippen molar-refractivity contribution in [3.63, 3.8) is 0 Å². The van der Waals surface area contributed by atoms with Gasteiger partial charge in [-0.05, 0) is 50.4 Å². The van der Waals surface area contributed by atoms with Crippen LogP contribution in [0.2, 0.25) is 0 Å². The second kappa shape index (κ2) is 15.9. The first-order chi connectivity index (χ1) is 15.8. The summed E-state index contributed by atoms with van der Waals surface area (Å²) in [6.45, 7) is 12.9. The zero-order valence-electron chi connectivity index (χ0n) is 21.4. The summed E-state index contributed by atoms with van der Waals surface area (Å²) >= 11 is 0. The number of ether oxygens (including phenoxy) is 3. The van der Waals surface area contributed by atoms with Crippen LogP contribution in [0.5, 0.6) is 0 Å². The molecule has 6 nitrogen and oxygen atoms in total. The standard InChI is InChI=1S/C27H46O6/c1-6-9-14-22(7-2)20-32-25(29)23-15-17-27(18-16-23,33-24(28)8-3)26(30)31-19-12-10-11-13-21(4)5/h8,21-23H,3,6-7,9-20H2,1-2,4-5H3. The lowest BCUT2D eigenvalue weighted by atomic mass is 9.78. The summed E-state index contributed by atoms with van der Waals surface area (Å²) in [5, 5.41) is 0. The van der Waals surface area contributed by atoms with Gasteiger partial charge in [-0.25, -0.2) is 9.59 Å². The van der Waals surface area contributed by atoms with Gasteiger partial charge in [-0.1, -0.05) is 72.8 Å². The third-order valence-electron chi connectivity index (χ3n) is 6.62. The maximum Gasteiger partial charge on any atom is 0.350 e. The Bertz CT molecular complexity index is 604. The molecule has 1 aliphatic carbocycles. The van der Waals surface area contributed by atoms with E-state index in [9.17, 15) is 14.4 Å². The van der Waals surface area contributed by atoms with Crippen molar-refractivity contribution in [3.8, 4) is 0 Å². The van der Waals surface area contributed by atoms with Crippen molar-refractivity contribution in [1.82, 2.24) is 0 Å². The largest absolute Gasteiger partial charge is 0.465 e. The minimum atomic E-state index is -1.34. The molecule has 1 rings (SSSR count). The zero-order valence-corrected chi connectivity index (χ0v) is 21.4. The van der Waals surface area contributed by atoms with Gasteiger partial charge in [0.05, 0.1) is 19.1 Å². The first-order valence-corrected chi connectivity index (χ1v) is 13.0. The normalized spacial score (nSPS) is 21.3. The minimum absolute atomic E-state index is 0.216. The maximum absolute atomic E-state index is 12.9. The molecule has 0 saturated heterocycles. The summed E-state index contributed by atoms with van der Waals surface area (Å²) in [6, 6.07) is 0. The average Bonchev–Trinajstić information content (AvgIpc) is 2.81. The number of hydrogen-bond donors (Lipinski definition) is 0. The van der Waals surface area contributed by atoms with Crippen molar-refractivity contribution in [1.29, 1.82) is 0 Å². The Morgan fingerprint density at radius 2 is 1.70 bits per heavy atom. The highest BCUT2D eigenvalue weighted by Gasteiger charge is 2.48. The molecule has 0 spiro atoms. The van der Waals surface area contributed by atoms with E-state index in [1.807, 2.05) is 0 Å². The van der Waals surface area contributed by atoms with Crippen LogP contribution in [0.3, 0.4) is 0 Å². The first kappa shape index (κ1) is 29.2. The maximum atomic E-state index is 12.9. The Balaban J connectivity index is 2.58. The molecule has 1 fully saturated rings. The van der Waals surface area contributed by atoms with Crippen molar-refractivity contribution in [2.75, 3.05) is 13.2 Å². The average molecular weight is 467 g/mol. The van der Waals surface area contributed by atoms with Crippen LogP contribution in [0.15, 0.2) is 12.7 Å². The van der Waals surface area contributed by atoms with Crippen molar-refractivity contribution >= 4 is 17.9 Å². The summed E-state index contributed by atoms with van der Waals surface area (Å²) in [5.41, 5.74) is -1.34. The smallest absolute Gasteiger partial charge is 0.350 e. The van der Waals surface area contributed by atoms with Crippen LogP contribution in [0.25, 0.3) is 0 Å². The van der Waals surface area contributed by atoms with E-state index in [2.05, 4.69) is 34.3 Å². The summed E-state index contributed by atoms with van der Waals surface area (Å²) < 4.78 is 16.6. The molecule has 0 aromatic heterocycles. The molecule has 1 unspecified atom stereocenters. The number of unbranched alkanes of at least 4 members (excludes halogenated alkanes) is 3. The minimum Gasteiger partial charge on any atom is -0.465 e. The van der Waals surface area contributed by atoms with Crippen LogP contribution in [-0.2, 0) is 28.6 Å². The number of carbonyl (C=O) groups excluding carboxylic acids is 3. The van der Waals surface area contributed by atoms with E-state index in [1.165, 1.54) is 0 Å². The van der Waals surface area contributed by atoms with Crippen molar-refractivity contribution in [2.24, 2.45) is 17.8 Å². The fourth-order valence-corrected chi connectivity index (χ4v) is 4.25. The predicted octanol–water partition coefficient (Wildman–Crippen LogP) is 6.16. The highest BCUT2D eigenvalue weighted by atomic mass is 16.6. The third kappa shape index (κ3) is 10.7. The van der Waals surface area contributed by atoms with E-state index in [1.54, 1.807) is 0 Å². The number of esters is 3. The molecule has 190 valence electrons. The fraction of sp³-hybridized carbons (Fsp3) is 0.815. The summed E-state index contributed by atoms with van der Waals surface area (Å²) in [5.74, 6) is -0.605. The van der Waals surface area contributed by atoms with Gasteiger partial charge >= 0.3 is 17.9 Å². The summed E-state index contributed by atoms with van der Waals surface area (Å²) in [7, 11) is 0. The SMILES string of the molecule is C=CC(=O)OC1(C(=O)OCCCCCC(C)C)CCC(C(=O)OCC(CC)CCCC)CC1. The highest BCUT2D eigenvalue weighted by Crippen LogP contribution is 2.37. The van der Waals surface area contributed by atoms with E-state index in [0.29, 0.717) is 37.9 Å². The second-order valence-corrected chi connectivity index (χ2v) is 9.82. The van der Waals surface area contributed by atoms with E-state index in [4.69, 9.17) is 14.2 Å². The first-order valence-electron chi connectivity index (χ1n) is 13.0. The van der Waals surface area contributed by atoms with Crippen LogP contribution >= 0.6 is 0 Å². The van der Waals surface area contributed by atoms with Crippen LogP contribution in [0.1, 0.15) is 105 Å². The third-order valence-corrected chi connectivity index (χ3v) is 6.62. The molecule has 0 bridgehead atoms. The van der Waals surface area contributed by atoms with Crippen LogP contribution in [0.4, 0.5) is 0 Å². The molecular formula is C27H46O6. The zero-order chi connectivity index (χ0) is 24.7. The van der Waals surface area contributed by atoms with Gasteiger partial charge in [-0.15, -0.1) is 0 Å². The van der Waals surface area contributed by atoms with Crippen molar-refractivity contribution < 1.29 is 28.6 Å². The van der Waals surface area contributed by atoms with Gasteiger partial charge in [-0.3, -0.25) is 4.79 Å². The van der Waals surface area contributed by atoms with E-state index in [0.717, 1.165) is 57.4 Å². The molecule has 0 aliphatic heterocycles. The topological polar surface area (TPSA) is 78.9 Å². The molecule has 1 saturated carbocycles. The Hall–Kier alpha value is -1.85. The quantitative estimate of drug-likeness (QED) is 0.117. The monoisotopic (exact) mass is 466 g/mol. The predicted molar refractivity (Wildman–Crippen MR) is 130 cm³/mol. The summed E-state index contributed by atoms with van der Waals surface area (Å²) in [6.07, 6.45) is 10.8. The Morgan fingerprint density at radius 3 is 2.27 bits per heavy atom. The molecular weight excluding hydrogens is 420 g/mol. The molecule has 0 N–H and O–H groups in total. The second-order valence-electron chi connectivity index (χ2n) is 9.82. The van der Waals surface area contributed by atoms with Crippen LogP contribution in [0, 0.1) is 17.8 Å². The van der Waals surface area contributed by atoms with Crippen molar-refractivity contribution in [3.05, 3.63) is 12.7 Å². The molecule has 0 amide bonds. The molecule has 0 aromatic rings. The van der Waals surface area contributed by atoms with Crippen LogP contribution in [-0.4, -0.2) is 36.7 Å². The molecule has 0 radical (unpaired) electrons. The molecule has 0 aromatic carbocycles. The fourth-order valence-electron chi connectivity index (χ4n) is 4.25. The highest BCUT2D eigenvalue weighted by molar-refractivity contribution is 5.88.